The van der Waals surface area contributed by atoms with E-state index in [-0.39, 0.29) is 12.1 Å². The van der Waals surface area contributed by atoms with E-state index in [2.05, 4.69) is 17.0 Å². The maximum atomic E-state index is 12.4. The lowest BCUT2D eigenvalue weighted by Gasteiger charge is -2.10. The Morgan fingerprint density at radius 2 is 2.00 bits per heavy atom. The molecule has 1 fully saturated rings. The minimum Gasteiger partial charge on any atom is -0.458 e. The van der Waals surface area contributed by atoms with Crippen LogP contribution in [-0.4, -0.2) is 30.3 Å². The van der Waals surface area contributed by atoms with Crippen molar-refractivity contribution in [1.29, 1.82) is 0 Å². The first-order chi connectivity index (χ1) is 14.0. The van der Waals surface area contributed by atoms with Crippen LogP contribution in [-0.2, 0) is 4.74 Å². The van der Waals surface area contributed by atoms with E-state index < -0.39 is 0 Å². The van der Waals surface area contributed by atoms with E-state index in [1.807, 2.05) is 54.9 Å². The average Bonchev–Trinajstić information content (AvgIpc) is 3.20. The maximum Gasteiger partial charge on any atom is 0.339 e. The zero-order valence-corrected chi connectivity index (χ0v) is 17.7. The molecule has 2 atom stereocenters. The Kier molecular flexibility index (Phi) is 5.65. The van der Waals surface area contributed by atoms with Crippen LogP contribution in [0.25, 0.3) is 11.3 Å². The fourth-order valence-electron chi connectivity index (χ4n) is 2.85. The van der Waals surface area contributed by atoms with Gasteiger partial charge in [-0.15, -0.1) is 11.3 Å². The first-order valence-electron chi connectivity index (χ1n) is 9.31. The summed E-state index contributed by atoms with van der Waals surface area (Å²) in [6, 6.07) is 14.9. The van der Waals surface area contributed by atoms with E-state index in [1.165, 1.54) is 11.3 Å². The van der Waals surface area contributed by atoms with Gasteiger partial charge in [-0.05, 0) is 24.5 Å². The molecule has 3 aromatic rings. The van der Waals surface area contributed by atoms with Gasteiger partial charge in [-0.1, -0.05) is 54.9 Å². The molecule has 0 saturated heterocycles. The predicted molar refractivity (Wildman–Crippen MR) is 118 cm³/mol. The van der Waals surface area contributed by atoms with Crippen molar-refractivity contribution in [3.05, 3.63) is 70.1 Å². The summed E-state index contributed by atoms with van der Waals surface area (Å²) in [5.74, 6) is 0.141. The summed E-state index contributed by atoms with van der Waals surface area (Å²) in [5, 5.41) is 9.47. The molecule has 1 aliphatic carbocycles. The lowest BCUT2D eigenvalue weighted by atomic mass is 10.1. The molecule has 1 aromatic heterocycles. The highest BCUT2D eigenvalue weighted by atomic mass is 35.5. The molecule has 2 aromatic carbocycles. The van der Waals surface area contributed by atoms with Crippen LogP contribution in [0.5, 0.6) is 0 Å². The summed E-state index contributed by atoms with van der Waals surface area (Å²) in [5.41, 5.74) is 2.91. The van der Waals surface area contributed by atoms with Crippen LogP contribution in [0.2, 0.25) is 5.02 Å². The molecule has 5 nitrogen and oxygen atoms in total. The highest BCUT2D eigenvalue weighted by molar-refractivity contribution is 7.14. The zero-order valence-electron chi connectivity index (χ0n) is 16.1. The number of halogens is 1. The van der Waals surface area contributed by atoms with E-state index in [0.717, 1.165) is 22.8 Å². The number of carbonyl (C=O) groups excluding carboxylic acids is 1. The fourth-order valence-corrected chi connectivity index (χ4v) is 3.83. The molecule has 0 aliphatic heterocycles. The third-order valence-electron chi connectivity index (χ3n) is 4.76. The van der Waals surface area contributed by atoms with Gasteiger partial charge >= 0.3 is 5.97 Å². The fraction of sp³-hybridized carbons (Fsp3) is 0.227. The molecule has 2 unspecified atom stereocenters. The lowest BCUT2D eigenvalue weighted by Crippen LogP contribution is -2.12. The first kappa shape index (κ1) is 19.6. The second kappa shape index (κ2) is 8.35. The molecule has 1 saturated carbocycles. The normalized spacial score (nSPS) is 18.0. The summed E-state index contributed by atoms with van der Waals surface area (Å²) in [6.45, 7) is 2.07. The van der Waals surface area contributed by atoms with Crippen molar-refractivity contribution >= 4 is 40.3 Å². The Hall–Kier alpha value is -2.70. The highest BCUT2D eigenvalue weighted by Crippen LogP contribution is 2.34. The SMILES string of the molecule is CC1CC1OC(=O)c1ccccc1/C=N/N(C)c1nc(-c2ccccc2Cl)cs1. The van der Waals surface area contributed by atoms with Gasteiger partial charge in [0.1, 0.15) is 6.10 Å². The van der Waals surface area contributed by atoms with Crippen molar-refractivity contribution in [2.45, 2.75) is 19.4 Å². The van der Waals surface area contributed by atoms with Crippen LogP contribution >= 0.6 is 22.9 Å². The van der Waals surface area contributed by atoms with Gasteiger partial charge < -0.3 is 4.74 Å². The number of hydrogen-bond donors (Lipinski definition) is 0. The van der Waals surface area contributed by atoms with E-state index >= 15 is 0 Å². The van der Waals surface area contributed by atoms with Crippen molar-refractivity contribution in [2.75, 3.05) is 12.1 Å². The number of esters is 1. The van der Waals surface area contributed by atoms with Gasteiger partial charge in [0.2, 0.25) is 5.13 Å². The van der Waals surface area contributed by atoms with Crippen LogP contribution in [0.4, 0.5) is 5.13 Å². The molecule has 0 N–H and O–H groups in total. The Bertz CT molecular complexity index is 1070. The van der Waals surface area contributed by atoms with E-state index in [4.69, 9.17) is 16.3 Å². The summed E-state index contributed by atoms with van der Waals surface area (Å²) < 4.78 is 5.52. The molecular weight excluding hydrogens is 406 g/mol. The van der Waals surface area contributed by atoms with E-state index in [1.54, 1.807) is 17.3 Å². The summed E-state index contributed by atoms with van der Waals surface area (Å²) in [7, 11) is 1.82. The average molecular weight is 426 g/mol. The van der Waals surface area contributed by atoms with Crippen LogP contribution in [0, 0.1) is 5.92 Å². The summed E-state index contributed by atoms with van der Waals surface area (Å²) in [6.07, 6.45) is 2.63. The lowest BCUT2D eigenvalue weighted by molar-refractivity contribution is 0.0454. The van der Waals surface area contributed by atoms with Crippen molar-refractivity contribution in [1.82, 2.24) is 4.98 Å². The van der Waals surface area contributed by atoms with E-state index in [9.17, 15) is 4.79 Å². The second-order valence-corrected chi connectivity index (χ2v) is 8.25. The molecule has 0 amide bonds. The number of hydrogen-bond acceptors (Lipinski definition) is 6. The number of anilines is 1. The van der Waals surface area contributed by atoms with Crippen LogP contribution in [0.15, 0.2) is 59.0 Å². The summed E-state index contributed by atoms with van der Waals surface area (Å²) >= 11 is 7.74. The van der Waals surface area contributed by atoms with Gasteiger partial charge in [-0.3, -0.25) is 0 Å². The molecule has 1 aliphatic rings. The van der Waals surface area contributed by atoms with E-state index in [0.29, 0.717) is 22.1 Å². The third-order valence-corrected chi connectivity index (χ3v) is 6.00. The number of aromatic nitrogens is 1. The Labute approximate surface area is 178 Å². The zero-order chi connectivity index (χ0) is 20.4. The molecule has 7 heteroatoms. The number of thiazole rings is 1. The number of hydrazone groups is 1. The number of benzene rings is 2. The van der Waals surface area contributed by atoms with Crippen molar-refractivity contribution in [3.63, 3.8) is 0 Å². The highest BCUT2D eigenvalue weighted by Gasteiger charge is 2.36. The largest absolute Gasteiger partial charge is 0.458 e. The van der Waals surface area contributed by atoms with Crippen LogP contribution in [0.1, 0.15) is 29.3 Å². The molecule has 4 rings (SSSR count). The molecule has 0 bridgehead atoms. The maximum absolute atomic E-state index is 12.4. The molecule has 0 spiro atoms. The van der Waals surface area contributed by atoms with Gasteiger partial charge in [-0.2, -0.15) is 5.10 Å². The molecule has 1 heterocycles. The van der Waals surface area contributed by atoms with Crippen LogP contribution < -0.4 is 5.01 Å². The number of rotatable bonds is 6. The minimum atomic E-state index is -0.306. The van der Waals surface area contributed by atoms with Gasteiger partial charge in [-0.25, -0.2) is 14.8 Å². The molecular formula is C22H20ClN3O2S. The van der Waals surface area contributed by atoms with Gasteiger partial charge in [0.25, 0.3) is 0 Å². The number of nitrogens with zero attached hydrogens (tertiary/aromatic N) is 3. The van der Waals surface area contributed by atoms with Crippen molar-refractivity contribution in [2.24, 2.45) is 11.0 Å². The van der Waals surface area contributed by atoms with Crippen LogP contribution in [0.3, 0.4) is 0 Å². The Morgan fingerprint density at radius 1 is 1.28 bits per heavy atom. The van der Waals surface area contributed by atoms with Gasteiger partial charge in [0.05, 0.1) is 17.5 Å². The quantitative estimate of drug-likeness (QED) is 0.297. The minimum absolute atomic E-state index is 0.0359. The molecule has 29 heavy (non-hydrogen) atoms. The third kappa shape index (κ3) is 4.49. The monoisotopic (exact) mass is 425 g/mol. The Balaban J connectivity index is 1.50. The second-order valence-electron chi connectivity index (χ2n) is 7.01. The van der Waals surface area contributed by atoms with Gasteiger partial charge in [0.15, 0.2) is 0 Å². The topological polar surface area (TPSA) is 54.8 Å². The molecule has 0 radical (unpaired) electrons. The smallest absolute Gasteiger partial charge is 0.339 e. The standard InChI is InChI=1S/C22H20ClN3O2S/c1-14-11-20(14)28-21(27)16-8-4-3-7-15(16)12-24-26(2)22-25-19(13-29-22)17-9-5-6-10-18(17)23/h3-10,12-14,20H,11H2,1-2H3/b24-12+. The number of carbonyl (C=O) groups is 1. The predicted octanol–water partition coefficient (Wildman–Crippen LogP) is 5.50. The first-order valence-corrected chi connectivity index (χ1v) is 10.6. The van der Waals surface area contributed by atoms with Crippen molar-refractivity contribution in [3.8, 4) is 11.3 Å². The summed E-state index contributed by atoms with van der Waals surface area (Å²) in [4.78, 5) is 17.1. The Morgan fingerprint density at radius 3 is 2.76 bits per heavy atom. The van der Waals surface area contributed by atoms with Crippen molar-refractivity contribution < 1.29 is 9.53 Å². The molecule has 148 valence electrons. The number of ether oxygens (including phenoxy) is 1. The van der Waals surface area contributed by atoms with Gasteiger partial charge in [0, 0.05) is 28.6 Å².